The van der Waals surface area contributed by atoms with Crippen molar-refractivity contribution in [3.8, 4) is 0 Å². The maximum absolute atomic E-state index is 12.8. The summed E-state index contributed by atoms with van der Waals surface area (Å²) in [5.41, 5.74) is 2.60. The molecule has 0 atom stereocenters. The minimum Gasteiger partial charge on any atom is -0.331 e. The summed E-state index contributed by atoms with van der Waals surface area (Å²) in [4.78, 5) is 27.9. The number of fused-ring (bicyclic) bond motifs is 1. The summed E-state index contributed by atoms with van der Waals surface area (Å²) < 4.78 is 0. The summed E-state index contributed by atoms with van der Waals surface area (Å²) in [6.45, 7) is 10.9. The van der Waals surface area contributed by atoms with E-state index in [0.717, 1.165) is 53.8 Å². The molecule has 3 heterocycles. The number of aromatic nitrogens is 2. The Bertz CT molecular complexity index is 1010. The third kappa shape index (κ3) is 4.63. The zero-order chi connectivity index (χ0) is 20.4. The first kappa shape index (κ1) is 20.3. The van der Waals surface area contributed by atoms with Gasteiger partial charge >= 0.3 is 0 Å². The van der Waals surface area contributed by atoms with E-state index in [1.807, 2.05) is 11.8 Å². The number of benzene rings is 1. The number of quaternary nitrogens is 1. The van der Waals surface area contributed by atoms with Crippen LogP contribution < -0.4 is 4.90 Å². The number of carbonyl (C=O) groups is 1. The Morgan fingerprint density at radius 2 is 1.86 bits per heavy atom. The molecule has 0 radical (unpaired) electrons. The van der Waals surface area contributed by atoms with E-state index in [-0.39, 0.29) is 5.91 Å². The van der Waals surface area contributed by atoms with Crippen molar-refractivity contribution in [2.75, 3.05) is 31.9 Å². The number of amides is 1. The molecule has 1 fully saturated rings. The Morgan fingerprint density at radius 3 is 2.59 bits per heavy atom. The standard InChI is InChI=1S/C22H26N4OS2/c1-15-16(2)29-22-20(15)21(23-17(3)24-22)28-14-19(27)26-11-9-25(10-12-26)13-18-7-5-4-6-8-18/h4-8H,9-14H2,1-3H3/p+1. The quantitative estimate of drug-likeness (QED) is 0.502. The zero-order valence-corrected chi connectivity index (χ0v) is 18.8. The fourth-order valence-corrected chi connectivity index (χ4v) is 5.95. The highest BCUT2D eigenvalue weighted by molar-refractivity contribution is 8.00. The molecule has 5 nitrogen and oxygen atoms in total. The van der Waals surface area contributed by atoms with E-state index in [0.29, 0.717) is 5.75 Å². The Balaban J connectivity index is 1.35. The van der Waals surface area contributed by atoms with Crippen molar-refractivity contribution < 1.29 is 9.69 Å². The smallest absolute Gasteiger partial charge is 0.233 e. The van der Waals surface area contributed by atoms with Crippen LogP contribution in [0.5, 0.6) is 0 Å². The lowest BCUT2D eigenvalue weighted by atomic mass is 10.2. The van der Waals surface area contributed by atoms with Gasteiger partial charge in [0.25, 0.3) is 0 Å². The molecule has 1 aliphatic rings. The highest BCUT2D eigenvalue weighted by Gasteiger charge is 2.24. The molecule has 0 bridgehead atoms. The van der Waals surface area contributed by atoms with Crippen LogP contribution in [-0.4, -0.2) is 52.7 Å². The number of hydrogen-bond acceptors (Lipinski definition) is 5. The normalized spacial score (nSPS) is 15.2. The molecule has 1 N–H and O–H groups in total. The number of piperazine rings is 1. The van der Waals surface area contributed by atoms with Gasteiger partial charge in [0.2, 0.25) is 5.91 Å². The second-order valence-electron chi connectivity index (χ2n) is 7.62. The minimum absolute atomic E-state index is 0.211. The molecular formula is C22H27N4OS2+. The first-order chi connectivity index (χ1) is 14.0. The van der Waals surface area contributed by atoms with E-state index in [2.05, 4.69) is 54.1 Å². The van der Waals surface area contributed by atoms with E-state index in [1.54, 1.807) is 28.0 Å². The van der Waals surface area contributed by atoms with Crippen molar-refractivity contribution in [2.45, 2.75) is 32.3 Å². The number of hydrogen-bond donors (Lipinski definition) is 1. The maximum atomic E-state index is 12.8. The maximum Gasteiger partial charge on any atom is 0.233 e. The topological polar surface area (TPSA) is 50.5 Å². The Labute approximate surface area is 180 Å². The number of nitrogens with zero attached hydrogens (tertiary/aromatic N) is 3. The molecule has 0 aliphatic carbocycles. The number of aryl methyl sites for hydroxylation is 3. The largest absolute Gasteiger partial charge is 0.331 e. The van der Waals surface area contributed by atoms with Crippen molar-refractivity contribution in [3.05, 3.63) is 52.2 Å². The van der Waals surface area contributed by atoms with Gasteiger partial charge < -0.3 is 9.80 Å². The van der Waals surface area contributed by atoms with E-state index >= 15 is 0 Å². The average molecular weight is 428 g/mol. The summed E-state index contributed by atoms with van der Waals surface area (Å²) >= 11 is 3.26. The SMILES string of the molecule is Cc1nc(SCC(=O)N2CC[NH+](Cc3ccccc3)CC2)c2c(C)c(C)sc2n1. The molecule has 1 aliphatic heterocycles. The van der Waals surface area contributed by atoms with E-state index < -0.39 is 0 Å². The van der Waals surface area contributed by atoms with Crippen LogP contribution in [0.1, 0.15) is 21.8 Å². The van der Waals surface area contributed by atoms with Crippen LogP contribution in [0, 0.1) is 20.8 Å². The molecule has 0 spiro atoms. The predicted molar refractivity (Wildman–Crippen MR) is 120 cm³/mol. The van der Waals surface area contributed by atoms with Crippen LogP contribution in [0.25, 0.3) is 10.2 Å². The van der Waals surface area contributed by atoms with Crippen LogP contribution in [0.4, 0.5) is 0 Å². The monoisotopic (exact) mass is 427 g/mol. The van der Waals surface area contributed by atoms with Gasteiger partial charge in [0.05, 0.1) is 31.9 Å². The average Bonchev–Trinajstić information content (AvgIpc) is 3.00. The molecule has 3 aromatic rings. The van der Waals surface area contributed by atoms with E-state index in [4.69, 9.17) is 0 Å². The Hall–Kier alpha value is -1.96. The van der Waals surface area contributed by atoms with Crippen molar-refractivity contribution in [3.63, 3.8) is 0 Å². The fraction of sp³-hybridized carbons (Fsp3) is 0.409. The predicted octanol–water partition coefficient (Wildman–Crippen LogP) is 2.64. The summed E-state index contributed by atoms with van der Waals surface area (Å²) in [5.74, 6) is 1.42. The lowest BCUT2D eigenvalue weighted by Gasteiger charge is -2.32. The number of nitrogens with one attached hydrogen (secondary N) is 1. The van der Waals surface area contributed by atoms with Crippen molar-refractivity contribution in [2.24, 2.45) is 0 Å². The van der Waals surface area contributed by atoms with E-state index in [9.17, 15) is 4.79 Å². The van der Waals surface area contributed by atoms with Gasteiger partial charge in [-0.3, -0.25) is 4.79 Å². The second kappa shape index (κ2) is 8.81. The molecule has 0 unspecified atom stereocenters. The summed E-state index contributed by atoms with van der Waals surface area (Å²) in [7, 11) is 0. The first-order valence-electron chi connectivity index (χ1n) is 10.0. The van der Waals surface area contributed by atoms with Crippen molar-refractivity contribution >= 4 is 39.2 Å². The Kier molecular flexibility index (Phi) is 6.18. The highest BCUT2D eigenvalue weighted by atomic mass is 32.2. The minimum atomic E-state index is 0.211. The molecule has 1 saturated heterocycles. The van der Waals surface area contributed by atoms with Gasteiger partial charge in [0.1, 0.15) is 22.2 Å². The van der Waals surface area contributed by atoms with Crippen molar-refractivity contribution in [1.29, 1.82) is 0 Å². The van der Waals surface area contributed by atoms with Gasteiger partial charge in [-0.2, -0.15) is 0 Å². The summed E-state index contributed by atoms with van der Waals surface area (Å²) in [5, 5.41) is 2.06. The molecule has 1 amide bonds. The number of carbonyl (C=O) groups excluding carboxylic acids is 1. The van der Waals surface area contributed by atoms with Crippen molar-refractivity contribution in [1.82, 2.24) is 14.9 Å². The number of thiophene rings is 1. The molecule has 0 saturated carbocycles. The molecule has 1 aromatic carbocycles. The van der Waals surface area contributed by atoms with Gasteiger partial charge in [-0.15, -0.1) is 11.3 Å². The fourth-order valence-electron chi connectivity index (χ4n) is 3.77. The lowest BCUT2D eigenvalue weighted by molar-refractivity contribution is -0.917. The van der Waals surface area contributed by atoms with Gasteiger partial charge in [0, 0.05) is 15.8 Å². The lowest BCUT2D eigenvalue weighted by Crippen LogP contribution is -3.13. The van der Waals surface area contributed by atoms with Crippen LogP contribution in [0.15, 0.2) is 35.4 Å². The Morgan fingerprint density at radius 1 is 1.14 bits per heavy atom. The molecule has 29 heavy (non-hydrogen) atoms. The van der Waals surface area contributed by atoms with Gasteiger partial charge in [0.15, 0.2) is 0 Å². The zero-order valence-electron chi connectivity index (χ0n) is 17.2. The van der Waals surface area contributed by atoms with Crippen LogP contribution in [-0.2, 0) is 11.3 Å². The molecular weight excluding hydrogens is 400 g/mol. The van der Waals surface area contributed by atoms with Crippen LogP contribution in [0.3, 0.4) is 0 Å². The molecule has 7 heteroatoms. The van der Waals surface area contributed by atoms with Gasteiger partial charge in [-0.05, 0) is 26.3 Å². The van der Waals surface area contributed by atoms with Gasteiger partial charge in [-0.1, -0.05) is 42.1 Å². The summed E-state index contributed by atoms with van der Waals surface area (Å²) in [6.07, 6.45) is 0. The van der Waals surface area contributed by atoms with Crippen LogP contribution >= 0.6 is 23.1 Å². The number of rotatable bonds is 5. The molecule has 2 aromatic heterocycles. The van der Waals surface area contributed by atoms with Gasteiger partial charge in [-0.25, -0.2) is 9.97 Å². The molecule has 152 valence electrons. The summed E-state index contributed by atoms with van der Waals surface area (Å²) in [6, 6.07) is 10.6. The molecule has 4 rings (SSSR count). The third-order valence-electron chi connectivity index (χ3n) is 5.56. The second-order valence-corrected chi connectivity index (χ2v) is 9.79. The third-order valence-corrected chi connectivity index (χ3v) is 7.62. The van der Waals surface area contributed by atoms with E-state index in [1.165, 1.54) is 16.0 Å². The number of thioether (sulfide) groups is 1. The highest BCUT2D eigenvalue weighted by Crippen LogP contribution is 2.35. The van der Waals surface area contributed by atoms with Crippen LogP contribution in [0.2, 0.25) is 0 Å². The first-order valence-corrected chi connectivity index (χ1v) is 11.8.